The topological polar surface area (TPSA) is 59.0 Å². The van der Waals surface area contributed by atoms with Crippen molar-refractivity contribution in [3.63, 3.8) is 0 Å². The number of amides is 1. The van der Waals surface area contributed by atoms with Gasteiger partial charge in [-0.25, -0.2) is 0 Å². The minimum absolute atomic E-state index is 0. The molecule has 0 bridgehead atoms. The van der Waals surface area contributed by atoms with Crippen LogP contribution < -0.4 is 10.6 Å². The predicted octanol–water partition coefficient (Wildman–Crippen LogP) is 3.85. The Labute approximate surface area is 166 Å². The van der Waals surface area contributed by atoms with E-state index in [1.54, 1.807) is 10.9 Å². The third kappa shape index (κ3) is 5.00. The highest BCUT2D eigenvalue weighted by atomic mass is 35.5. The lowest BCUT2D eigenvalue weighted by Crippen LogP contribution is -2.20. The fourth-order valence-electron chi connectivity index (χ4n) is 3.14. The first-order chi connectivity index (χ1) is 11.7. The number of rotatable bonds is 7. The first-order valence-electron chi connectivity index (χ1n) is 8.90. The number of carbonyl (C=O) groups is 1. The zero-order valence-corrected chi connectivity index (χ0v) is 16.5. The monoisotopic (exact) mass is 396 g/mol. The maximum absolute atomic E-state index is 12.4. The van der Waals surface area contributed by atoms with E-state index in [4.69, 9.17) is 0 Å². The summed E-state index contributed by atoms with van der Waals surface area (Å²) >= 11 is 0. The van der Waals surface area contributed by atoms with Crippen LogP contribution in [0.3, 0.4) is 0 Å². The van der Waals surface area contributed by atoms with Crippen LogP contribution in [0.2, 0.25) is 0 Å². The number of carbonyl (C=O) groups excluding carboxylic acids is 1. The third-order valence-electron chi connectivity index (χ3n) is 4.95. The Morgan fingerprint density at radius 2 is 2.12 bits per heavy atom. The van der Waals surface area contributed by atoms with Crippen LogP contribution in [-0.4, -0.2) is 28.3 Å². The molecule has 2 fully saturated rings. The largest absolute Gasteiger partial charge is 0.319 e. The lowest BCUT2D eigenvalue weighted by Gasteiger charge is -2.06. The Morgan fingerprint density at radius 1 is 1.31 bits per heavy atom. The van der Waals surface area contributed by atoms with Gasteiger partial charge < -0.3 is 10.6 Å². The molecular formula is C19H26Cl2N4O. The van der Waals surface area contributed by atoms with Gasteiger partial charge in [0, 0.05) is 30.3 Å². The number of nitrogens with zero attached hydrogens (tertiary/aromatic N) is 2. The summed E-state index contributed by atoms with van der Waals surface area (Å²) in [6.45, 7) is 3.97. The van der Waals surface area contributed by atoms with Gasteiger partial charge in [-0.3, -0.25) is 9.48 Å². The molecule has 2 aliphatic rings. The van der Waals surface area contributed by atoms with Crippen LogP contribution in [0, 0.1) is 5.92 Å². The molecule has 1 aromatic carbocycles. The minimum Gasteiger partial charge on any atom is -0.319 e. The van der Waals surface area contributed by atoms with Crippen molar-refractivity contribution in [1.29, 1.82) is 0 Å². The average Bonchev–Trinajstić information content (AvgIpc) is 3.51. The summed E-state index contributed by atoms with van der Waals surface area (Å²) in [5, 5.41) is 10.8. The molecule has 0 spiro atoms. The van der Waals surface area contributed by atoms with E-state index < -0.39 is 0 Å². The summed E-state index contributed by atoms with van der Waals surface area (Å²) in [5.41, 5.74) is 2.72. The summed E-state index contributed by atoms with van der Waals surface area (Å²) in [6.07, 6.45) is 7.48. The van der Waals surface area contributed by atoms with Crippen molar-refractivity contribution in [3.05, 3.63) is 47.8 Å². The molecule has 1 heterocycles. The molecule has 2 aromatic rings. The molecular weight excluding hydrogens is 371 g/mol. The second-order valence-corrected chi connectivity index (χ2v) is 6.96. The van der Waals surface area contributed by atoms with Crippen molar-refractivity contribution in [3.8, 4) is 0 Å². The van der Waals surface area contributed by atoms with Gasteiger partial charge in [-0.2, -0.15) is 5.10 Å². The third-order valence-corrected chi connectivity index (χ3v) is 4.95. The predicted molar refractivity (Wildman–Crippen MR) is 109 cm³/mol. The molecule has 0 aliphatic heterocycles. The Hall–Kier alpha value is -1.56. The maximum atomic E-state index is 12.4. The van der Waals surface area contributed by atoms with E-state index in [9.17, 15) is 4.79 Å². The zero-order chi connectivity index (χ0) is 16.5. The Bertz CT molecular complexity index is 745. The lowest BCUT2D eigenvalue weighted by atomic mass is 10.1. The van der Waals surface area contributed by atoms with E-state index in [1.807, 2.05) is 31.3 Å². The number of hydrogen-bond acceptors (Lipinski definition) is 3. The van der Waals surface area contributed by atoms with Crippen LogP contribution >= 0.6 is 24.8 Å². The molecule has 0 saturated heterocycles. The number of aryl methyl sites for hydroxylation is 1. The molecule has 2 atom stereocenters. The first-order valence-corrected chi connectivity index (χ1v) is 8.90. The number of nitrogens with one attached hydrogen (secondary N) is 2. The number of benzene rings is 1. The van der Waals surface area contributed by atoms with Gasteiger partial charge in [-0.05, 0) is 56.3 Å². The summed E-state index contributed by atoms with van der Waals surface area (Å²) in [5.74, 6) is 1.39. The number of aromatic nitrogens is 2. The van der Waals surface area contributed by atoms with E-state index in [1.165, 1.54) is 24.8 Å². The molecule has 2 N–H and O–H groups in total. The molecule has 142 valence electrons. The standard InChI is InChI=1S/C19H24N4O.2ClH/c1-2-23-12-16(11-21-23)22-19(24)15-5-3-4-14(8-15)17-9-18(17)20-10-13-6-7-13;;/h3-5,8,11-13,17-18,20H,2,6-7,9-10H2,1H3,(H,22,24);2*1H. The average molecular weight is 397 g/mol. The summed E-state index contributed by atoms with van der Waals surface area (Å²) in [6, 6.07) is 8.61. The van der Waals surface area contributed by atoms with E-state index in [2.05, 4.69) is 21.8 Å². The SMILES string of the molecule is CCn1cc(NC(=O)c2cccc(C3CC3NCC3CC3)c2)cn1.Cl.Cl. The van der Waals surface area contributed by atoms with Crippen molar-refractivity contribution < 1.29 is 4.79 Å². The fraction of sp³-hybridized carbons (Fsp3) is 0.474. The molecule has 2 unspecified atom stereocenters. The molecule has 4 rings (SSSR count). The molecule has 2 saturated carbocycles. The van der Waals surface area contributed by atoms with Gasteiger partial charge in [0.15, 0.2) is 0 Å². The second kappa shape index (κ2) is 8.89. The first kappa shape index (κ1) is 20.7. The van der Waals surface area contributed by atoms with Crippen molar-refractivity contribution in [2.75, 3.05) is 11.9 Å². The number of halogens is 2. The van der Waals surface area contributed by atoms with Gasteiger partial charge in [-0.1, -0.05) is 12.1 Å². The Kier molecular flexibility index (Phi) is 7.09. The summed E-state index contributed by atoms with van der Waals surface area (Å²) in [7, 11) is 0. The quantitative estimate of drug-likeness (QED) is 0.746. The van der Waals surface area contributed by atoms with Crippen LogP contribution in [-0.2, 0) is 6.54 Å². The lowest BCUT2D eigenvalue weighted by molar-refractivity contribution is 0.102. The zero-order valence-electron chi connectivity index (χ0n) is 14.9. The van der Waals surface area contributed by atoms with E-state index in [-0.39, 0.29) is 30.7 Å². The number of hydrogen-bond donors (Lipinski definition) is 2. The van der Waals surface area contributed by atoms with E-state index in [0.29, 0.717) is 17.5 Å². The molecule has 1 amide bonds. The molecule has 7 heteroatoms. The van der Waals surface area contributed by atoms with Gasteiger partial charge in [0.05, 0.1) is 11.9 Å². The fourth-order valence-corrected chi connectivity index (χ4v) is 3.14. The minimum atomic E-state index is -0.0735. The molecule has 5 nitrogen and oxygen atoms in total. The summed E-state index contributed by atoms with van der Waals surface area (Å²) < 4.78 is 1.80. The molecule has 26 heavy (non-hydrogen) atoms. The highest BCUT2D eigenvalue weighted by molar-refractivity contribution is 6.04. The van der Waals surface area contributed by atoms with Crippen molar-refractivity contribution in [1.82, 2.24) is 15.1 Å². The maximum Gasteiger partial charge on any atom is 0.255 e. The van der Waals surface area contributed by atoms with Gasteiger partial charge >= 0.3 is 0 Å². The normalized spacial score (nSPS) is 20.7. The van der Waals surface area contributed by atoms with Crippen LogP contribution in [0.25, 0.3) is 0 Å². The van der Waals surface area contributed by atoms with Gasteiger partial charge in [-0.15, -0.1) is 24.8 Å². The Morgan fingerprint density at radius 3 is 2.81 bits per heavy atom. The van der Waals surface area contributed by atoms with Crippen molar-refractivity contribution in [2.45, 2.75) is 44.7 Å². The van der Waals surface area contributed by atoms with Crippen LogP contribution in [0.15, 0.2) is 36.7 Å². The summed E-state index contributed by atoms with van der Waals surface area (Å²) in [4.78, 5) is 12.4. The molecule has 2 aliphatic carbocycles. The highest BCUT2D eigenvalue weighted by Crippen LogP contribution is 2.41. The molecule has 1 aromatic heterocycles. The smallest absolute Gasteiger partial charge is 0.255 e. The van der Waals surface area contributed by atoms with E-state index >= 15 is 0 Å². The molecule has 0 radical (unpaired) electrons. The van der Waals surface area contributed by atoms with Gasteiger partial charge in [0.25, 0.3) is 5.91 Å². The Balaban J connectivity index is 0.00000121. The van der Waals surface area contributed by atoms with Crippen molar-refractivity contribution >= 4 is 36.4 Å². The van der Waals surface area contributed by atoms with Crippen LogP contribution in [0.5, 0.6) is 0 Å². The van der Waals surface area contributed by atoms with Crippen LogP contribution in [0.1, 0.15) is 48.0 Å². The van der Waals surface area contributed by atoms with E-state index in [0.717, 1.165) is 24.7 Å². The van der Waals surface area contributed by atoms with Crippen molar-refractivity contribution in [2.24, 2.45) is 5.92 Å². The van der Waals surface area contributed by atoms with Gasteiger partial charge in [0.2, 0.25) is 0 Å². The highest BCUT2D eigenvalue weighted by Gasteiger charge is 2.39. The van der Waals surface area contributed by atoms with Crippen LogP contribution in [0.4, 0.5) is 5.69 Å². The number of anilines is 1. The second-order valence-electron chi connectivity index (χ2n) is 6.96. The van der Waals surface area contributed by atoms with Gasteiger partial charge in [0.1, 0.15) is 0 Å².